The number of methoxy groups -OCH3 is 1. The van der Waals surface area contributed by atoms with Crippen molar-refractivity contribution in [2.75, 3.05) is 7.11 Å². The number of thiazole rings is 1. The number of rotatable bonds is 3. The second-order valence-electron chi connectivity index (χ2n) is 3.15. The first-order valence-corrected chi connectivity index (χ1v) is 5.48. The lowest BCUT2D eigenvalue weighted by Gasteiger charge is -2.27. The van der Waals surface area contributed by atoms with E-state index in [4.69, 9.17) is 0 Å². The van der Waals surface area contributed by atoms with Gasteiger partial charge in [-0.05, 0) is 12.2 Å². The number of hydrogen-bond donors (Lipinski definition) is 2. The molecule has 17 heavy (non-hydrogen) atoms. The summed E-state index contributed by atoms with van der Waals surface area (Å²) < 4.78 is 42.6. The molecule has 0 saturated heterocycles. The summed E-state index contributed by atoms with van der Waals surface area (Å²) in [6.07, 6.45) is -5.28. The topological polar surface area (TPSA) is 62.3 Å². The molecule has 96 valence electrons. The summed E-state index contributed by atoms with van der Waals surface area (Å²) in [4.78, 5) is 12.8. The predicted molar refractivity (Wildman–Crippen MR) is 56.1 cm³/mol. The number of alkyl halides is 3. The molecule has 0 saturated carbocycles. The lowest BCUT2D eigenvalue weighted by atomic mass is 9.97. The Kier molecular flexibility index (Phi) is 3.95. The smallest absolute Gasteiger partial charge is 0.422 e. The van der Waals surface area contributed by atoms with E-state index < -0.39 is 29.0 Å². The van der Waals surface area contributed by atoms with E-state index in [9.17, 15) is 23.1 Å². The van der Waals surface area contributed by atoms with Crippen molar-refractivity contribution in [2.24, 2.45) is 0 Å². The highest BCUT2D eigenvalue weighted by Crippen LogP contribution is 2.43. The fourth-order valence-corrected chi connectivity index (χ4v) is 2.22. The highest BCUT2D eigenvalue weighted by Gasteiger charge is 2.57. The van der Waals surface area contributed by atoms with Gasteiger partial charge in [-0.2, -0.15) is 13.2 Å². The zero-order valence-corrected chi connectivity index (χ0v) is 10.1. The van der Waals surface area contributed by atoms with Gasteiger partial charge in [-0.15, -0.1) is 11.3 Å². The molecule has 0 unspecified atom stereocenters. The van der Waals surface area contributed by atoms with E-state index >= 15 is 0 Å². The molecule has 4 nitrogen and oxygen atoms in total. The Morgan fingerprint density at radius 3 is 2.59 bits per heavy atom. The summed E-state index contributed by atoms with van der Waals surface area (Å²) >= 11 is 5.19. The van der Waals surface area contributed by atoms with Crippen molar-refractivity contribution in [2.45, 2.75) is 18.2 Å². The predicted octanol–water partition coefficient (Wildman–Crippen LogP) is 2.12. The Bertz CT molecular complexity index is 467. The van der Waals surface area contributed by atoms with E-state index in [1.54, 1.807) is 0 Å². The number of carbonyl (C=O) groups excluding carboxylic acids is 1. The van der Waals surface area contributed by atoms with Crippen LogP contribution in [0.2, 0.25) is 0 Å². The van der Waals surface area contributed by atoms with Crippen LogP contribution in [0.5, 0.6) is 0 Å². The van der Waals surface area contributed by atoms with Gasteiger partial charge in [0.1, 0.15) is 0 Å². The van der Waals surface area contributed by atoms with E-state index in [0.29, 0.717) is 11.3 Å². The van der Waals surface area contributed by atoms with Crippen LogP contribution in [-0.4, -0.2) is 29.3 Å². The monoisotopic (exact) mass is 287 g/mol. The normalized spacial score (nSPS) is 15.4. The van der Waals surface area contributed by atoms with Gasteiger partial charge < -0.3 is 14.8 Å². The quantitative estimate of drug-likeness (QED) is 0.660. The minimum absolute atomic E-state index is 0.0764. The molecular formula is C8H8F3NO3S2. The van der Waals surface area contributed by atoms with Crippen LogP contribution in [0.25, 0.3) is 0 Å². The number of esters is 1. The first kappa shape index (κ1) is 14.1. The van der Waals surface area contributed by atoms with Crippen molar-refractivity contribution in [3.63, 3.8) is 0 Å². The lowest BCUT2D eigenvalue weighted by Crippen LogP contribution is -2.43. The van der Waals surface area contributed by atoms with Crippen molar-refractivity contribution in [1.29, 1.82) is 0 Å². The number of aromatic amines is 1. The molecular weight excluding hydrogens is 279 g/mol. The number of ether oxygens (including phenoxy) is 1. The first-order valence-electron chi connectivity index (χ1n) is 4.25. The van der Waals surface area contributed by atoms with E-state index in [1.165, 1.54) is 0 Å². The Labute approximate surface area is 103 Å². The molecule has 0 aliphatic carbocycles. The number of hydrogen-bond acceptors (Lipinski definition) is 5. The highest BCUT2D eigenvalue weighted by atomic mass is 32.1. The zero-order chi connectivity index (χ0) is 13.3. The van der Waals surface area contributed by atoms with E-state index in [0.717, 1.165) is 13.3 Å². The first-order chi connectivity index (χ1) is 7.70. The zero-order valence-electron chi connectivity index (χ0n) is 8.50. The third-order valence-electron chi connectivity index (χ3n) is 2.03. The minimum Gasteiger partial charge on any atom is -0.469 e. The third kappa shape index (κ3) is 2.85. The summed E-state index contributed by atoms with van der Waals surface area (Å²) in [5, 5.41) is 9.65. The molecule has 0 aliphatic rings. The van der Waals surface area contributed by atoms with Crippen LogP contribution in [0.4, 0.5) is 13.2 Å². The second kappa shape index (κ2) is 4.75. The fraction of sp³-hybridized carbons (Fsp3) is 0.500. The van der Waals surface area contributed by atoms with Crippen LogP contribution in [-0.2, 0) is 15.1 Å². The number of aromatic nitrogens is 1. The number of aliphatic hydroxyl groups is 1. The SMILES string of the molecule is COC(=O)C[C@@](O)(c1c[nH]c(=S)s1)C(F)(F)F. The molecule has 1 rings (SSSR count). The maximum Gasteiger partial charge on any atom is 0.422 e. The average Bonchev–Trinajstić information content (AvgIpc) is 2.63. The second-order valence-corrected chi connectivity index (χ2v) is 4.87. The summed E-state index contributed by atoms with van der Waals surface area (Å²) in [5.41, 5.74) is -3.28. The highest BCUT2D eigenvalue weighted by molar-refractivity contribution is 7.73. The Morgan fingerprint density at radius 2 is 2.24 bits per heavy atom. The van der Waals surface area contributed by atoms with Gasteiger partial charge in [0.25, 0.3) is 0 Å². The maximum atomic E-state index is 12.8. The van der Waals surface area contributed by atoms with Crippen molar-refractivity contribution in [3.05, 3.63) is 15.0 Å². The standard InChI is InChI=1S/C8H8F3NO3S2/c1-15-5(13)2-7(14,8(9,10)11)4-3-12-6(16)17-4/h3,14H,2H2,1H3,(H,12,16)/t7-/m1/s1. The van der Waals surface area contributed by atoms with Gasteiger partial charge in [0, 0.05) is 6.20 Å². The molecule has 0 radical (unpaired) electrons. The van der Waals surface area contributed by atoms with Crippen molar-refractivity contribution in [3.8, 4) is 0 Å². The van der Waals surface area contributed by atoms with Crippen molar-refractivity contribution >= 4 is 29.5 Å². The van der Waals surface area contributed by atoms with Crippen LogP contribution in [0, 0.1) is 3.95 Å². The van der Waals surface area contributed by atoms with Gasteiger partial charge in [0.15, 0.2) is 3.95 Å². The molecule has 1 heterocycles. The largest absolute Gasteiger partial charge is 0.469 e. The molecule has 0 bridgehead atoms. The van der Waals surface area contributed by atoms with Crippen LogP contribution < -0.4 is 0 Å². The Hall–Kier alpha value is -0.930. The average molecular weight is 287 g/mol. The van der Waals surface area contributed by atoms with Crippen LogP contribution in [0.3, 0.4) is 0 Å². The van der Waals surface area contributed by atoms with Gasteiger partial charge in [-0.25, -0.2) is 0 Å². The molecule has 0 fully saturated rings. The van der Waals surface area contributed by atoms with Crippen LogP contribution >= 0.6 is 23.6 Å². The molecule has 0 aromatic carbocycles. The molecule has 0 spiro atoms. The number of carbonyl (C=O) groups is 1. The third-order valence-corrected chi connectivity index (χ3v) is 3.37. The molecule has 0 aliphatic heterocycles. The molecule has 1 aromatic rings. The van der Waals surface area contributed by atoms with E-state index in [-0.39, 0.29) is 3.95 Å². The number of H-pyrrole nitrogens is 1. The number of halogens is 3. The van der Waals surface area contributed by atoms with Crippen molar-refractivity contribution in [1.82, 2.24) is 4.98 Å². The van der Waals surface area contributed by atoms with E-state index in [2.05, 4.69) is 21.9 Å². The molecule has 2 N–H and O–H groups in total. The summed E-state index contributed by atoms with van der Waals surface area (Å²) in [7, 11) is 0.943. The van der Waals surface area contributed by atoms with Crippen LogP contribution in [0.1, 0.15) is 11.3 Å². The van der Waals surface area contributed by atoms with Gasteiger partial charge >= 0.3 is 12.1 Å². The van der Waals surface area contributed by atoms with E-state index in [1.807, 2.05) is 0 Å². The molecule has 1 atom stereocenters. The number of nitrogens with one attached hydrogen (secondary N) is 1. The van der Waals surface area contributed by atoms with Gasteiger partial charge in [0.2, 0.25) is 5.60 Å². The summed E-state index contributed by atoms with van der Waals surface area (Å²) in [6, 6.07) is 0. The molecule has 1 aromatic heterocycles. The summed E-state index contributed by atoms with van der Waals surface area (Å²) in [5.74, 6) is -1.16. The Morgan fingerprint density at radius 1 is 1.65 bits per heavy atom. The Balaban J connectivity index is 3.20. The molecule has 9 heteroatoms. The van der Waals surface area contributed by atoms with Gasteiger partial charge in [-0.1, -0.05) is 0 Å². The fourth-order valence-electron chi connectivity index (χ4n) is 1.10. The van der Waals surface area contributed by atoms with Crippen LogP contribution in [0.15, 0.2) is 6.20 Å². The maximum absolute atomic E-state index is 12.8. The summed E-state index contributed by atoms with van der Waals surface area (Å²) in [6.45, 7) is 0. The minimum atomic E-state index is -5.00. The lowest BCUT2D eigenvalue weighted by molar-refractivity contribution is -0.268. The van der Waals surface area contributed by atoms with Crippen molar-refractivity contribution < 1.29 is 27.8 Å². The molecule has 0 amide bonds. The van der Waals surface area contributed by atoms with Gasteiger partial charge in [-0.3, -0.25) is 4.79 Å². The van der Waals surface area contributed by atoms with Gasteiger partial charge in [0.05, 0.1) is 18.4 Å².